The Morgan fingerprint density at radius 1 is 1.29 bits per heavy atom. The normalized spacial score (nSPS) is 20.1. The Bertz CT molecular complexity index is 510. The lowest BCUT2D eigenvalue weighted by atomic mass is 10.0. The summed E-state index contributed by atoms with van der Waals surface area (Å²) >= 11 is 3.01. The molecule has 2 atom stereocenters. The summed E-state index contributed by atoms with van der Waals surface area (Å²) in [5.41, 5.74) is 0. The number of aliphatic hydroxyl groups is 1. The Hall–Kier alpha value is -0.760. The summed E-state index contributed by atoms with van der Waals surface area (Å²) in [7, 11) is 0. The molecule has 1 aliphatic heterocycles. The van der Waals surface area contributed by atoms with E-state index in [1.807, 2.05) is 0 Å². The summed E-state index contributed by atoms with van der Waals surface area (Å²) < 4.78 is 37.9. The smallest absolute Gasteiger partial charge is 0.190 e. The van der Waals surface area contributed by atoms with E-state index in [0.717, 1.165) is 31.5 Å². The van der Waals surface area contributed by atoms with Gasteiger partial charge in [0.1, 0.15) is 6.61 Å². The number of hydrogen-bond donors (Lipinski definition) is 1. The van der Waals surface area contributed by atoms with Crippen LogP contribution in [-0.4, -0.2) is 55.1 Å². The second-order valence-corrected chi connectivity index (χ2v) is 7.03. The van der Waals surface area contributed by atoms with Gasteiger partial charge < -0.3 is 14.6 Å². The number of piperidine rings is 1. The Balaban J connectivity index is 1.64. The molecular weight excluding hydrogens is 384 g/mol. The Labute approximate surface area is 149 Å². The second-order valence-electron chi connectivity index (χ2n) is 6.12. The Morgan fingerprint density at radius 3 is 2.67 bits per heavy atom. The number of hydrogen-bond acceptors (Lipinski definition) is 4. The van der Waals surface area contributed by atoms with E-state index in [1.54, 1.807) is 0 Å². The summed E-state index contributed by atoms with van der Waals surface area (Å²) in [5, 5.41) is 10.0. The van der Waals surface area contributed by atoms with Crippen LogP contribution in [-0.2, 0) is 4.74 Å². The molecule has 0 aliphatic carbocycles. The van der Waals surface area contributed by atoms with Crippen LogP contribution >= 0.6 is 15.9 Å². The lowest BCUT2D eigenvalue weighted by Gasteiger charge is -2.34. The van der Waals surface area contributed by atoms with Crippen molar-refractivity contribution in [3.05, 3.63) is 28.2 Å². The molecule has 0 bridgehead atoms. The lowest BCUT2D eigenvalue weighted by molar-refractivity contribution is -0.00309. The van der Waals surface area contributed by atoms with Crippen molar-refractivity contribution in [3.63, 3.8) is 0 Å². The molecule has 0 radical (unpaired) electrons. The first-order valence-corrected chi connectivity index (χ1v) is 9.04. The monoisotopic (exact) mass is 407 g/mol. The predicted octanol–water partition coefficient (Wildman–Crippen LogP) is 3.36. The van der Waals surface area contributed by atoms with Crippen molar-refractivity contribution < 1.29 is 23.4 Å². The van der Waals surface area contributed by atoms with Crippen molar-refractivity contribution in [2.24, 2.45) is 0 Å². The maximum absolute atomic E-state index is 13.6. The third kappa shape index (κ3) is 5.95. The Kier molecular flexibility index (Phi) is 7.87. The van der Waals surface area contributed by atoms with E-state index in [4.69, 9.17) is 9.47 Å². The third-order valence-electron chi connectivity index (χ3n) is 4.13. The maximum Gasteiger partial charge on any atom is 0.190 e. The summed E-state index contributed by atoms with van der Waals surface area (Å²) in [6, 6.07) is 2.77. The minimum atomic E-state index is -0.763. The highest BCUT2D eigenvalue weighted by molar-refractivity contribution is 9.10. The maximum atomic E-state index is 13.6. The molecule has 0 aromatic heterocycles. The molecule has 1 saturated heterocycles. The first-order valence-electron chi connectivity index (χ1n) is 8.24. The lowest BCUT2D eigenvalue weighted by Crippen LogP contribution is -2.43. The van der Waals surface area contributed by atoms with E-state index in [1.165, 1.54) is 6.42 Å². The quantitative estimate of drug-likeness (QED) is 0.670. The SMILES string of the molecule is CC1CCCCN1CC(O)COCCOc1c(F)cc(Br)cc1F. The molecule has 1 aromatic carbocycles. The van der Waals surface area contributed by atoms with E-state index < -0.39 is 23.5 Å². The zero-order valence-electron chi connectivity index (χ0n) is 13.8. The van der Waals surface area contributed by atoms with E-state index in [-0.39, 0.29) is 19.8 Å². The van der Waals surface area contributed by atoms with Gasteiger partial charge in [0.15, 0.2) is 17.4 Å². The molecule has 4 nitrogen and oxygen atoms in total. The van der Waals surface area contributed by atoms with Crippen molar-refractivity contribution in [1.82, 2.24) is 4.90 Å². The molecule has 0 saturated carbocycles. The van der Waals surface area contributed by atoms with Crippen LogP contribution in [0.25, 0.3) is 0 Å². The highest BCUT2D eigenvalue weighted by Gasteiger charge is 2.20. The van der Waals surface area contributed by atoms with Crippen LogP contribution < -0.4 is 4.74 Å². The molecular formula is C17H24BrF2NO3. The van der Waals surface area contributed by atoms with Crippen LogP contribution in [0.3, 0.4) is 0 Å². The molecule has 2 unspecified atom stereocenters. The number of likely N-dealkylation sites (tertiary alicyclic amines) is 1. The molecule has 1 fully saturated rings. The average Bonchev–Trinajstić information content (AvgIpc) is 2.51. The number of aliphatic hydroxyl groups excluding tert-OH is 1. The van der Waals surface area contributed by atoms with Gasteiger partial charge in [-0.15, -0.1) is 0 Å². The van der Waals surface area contributed by atoms with Gasteiger partial charge in [0.2, 0.25) is 0 Å². The van der Waals surface area contributed by atoms with Crippen molar-refractivity contribution in [1.29, 1.82) is 0 Å². The average molecular weight is 408 g/mol. The highest BCUT2D eigenvalue weighted by Crippen LogP contribution is 2.25. The van der Waals surface area contributed by atoms with Gasteiger partial charge in [-0.3, -0.25) is 4.90 Å². The fraction of sp³-hybridized carbons (Fsp3) is 0.647. The number of ether oxygens (including phenoxy) is 2. The van der Waals surface area contributed by atoms with E-state index in [2.05, 4.69) is 27.8 Å². The standard InChI is InChI=1S/C17H24BrF2NO3/c1-12-4-2-3-5-21(12)10-14(22)11-23-6-7-24-17-15(19)8-13(18)9-16(17)20/h8-9,12,14,22H,2-7,10-11H2,1H3. The molecule has 7 heteroatoms. The number of β-amino-alcohol motifs (C(OH)–C–C–N with tert-alkyl or cyclic N) is 1. The molecule has 2 rings (SSSR count). The van der Waals surface area contributed by atoms with Gasteiger partial charge in [-0.05, 0) is 38.4 Å². The van der Waals surface area contributed by atoms with Gasteiger partial charge in [0, 0.05) is 17.1 Å². The predicted molar refractivity (Wildman–Crippen MR) is 91.3 cm³/mol. The van der Waals surface area contributed by atoms with Gasteiger partial charge in [-0.2, -0.15) is 0 Å². The summed E-state index contributed by atoms with van der Waals surface area (Å²) in [5.74, 6) is -1.94. The Morgan fingerprint density at radius 2 is 2.00 bits per heavy atom. The topological polar surface area (TPSA) is 41.9 Å². The first-order chi connectivity index (χ1) is 11.5. The minimum Gasteiger partial charge on any atom is -0.485 e. The van der Waals surface area contributed by atoms with E-state index in [0.29, 0.717) is 17.1 Å². The van der Waals surface area contributed by atoms with Crippen LogP contribution in [0, 0.1) is 11.6 Å². The van der Waals surface area contributed by atoms with Crippen LogP contribution in [0.15, 0.2) is 16.6 Å². The number of benzene rings is 1. The zero-order chi connectivity index (χ0) is 17.5. The molecule has 1 heterocycles. The van der Waals surface area contributed by atoms with Crippen LogP contribution in [0.5, 0.6) is 5.75 Å². The summed E-state index contributed by atoms with van der Waals surface area (Å²) in [6.07, 6.45) is 2.98. The molecule has 1 aromatic rings. The number of rotatable bonds is 8. The van der Waals surface area contributed by atoms with Crippen molar-refractivity contribution in [2.75, 3.05) is 32.9 Å². The van der Waals surface area contributed by atoms with Crippen molar-refractivity contribution >= 4 is 15.9 Å². The van der Waals surface area contributed by atoms with Crippen molar-refractivity contribution in [3.8, 4) is 5.75 Å². The van der Waals surface area contributed by atoms with Gasteiger partial charge in [0.25, 0.3) is 0 Å². The third-order valence-corrected chi connectivity index (χ3v) is 4.59. The fourth-order valence-electron chi connectivity index (χ4n) is 2.84. The van der Waals surface area contributed by atoms with Crippen LogP contribution in [0.1, 0.15) is 26.2 Å². The van der Waals surface area contributed by atoms with Gasteiger partial charge in [0.05, 0.1) is 19.3 Å². The zero-order valence-corrected chi connectivity index (χ0v) is 15.4. The second kappa shape index (κ2) is 9.65. The summed E-state index contributed by atoms with van der Waals surface area (Å²) in [6.45, 7) is 4.10. The minimum absolute atomic E-state index is 0.0162. The van der Waals surface area contributed by atoms with Crippen molar-refractivity contribution in [2.45, 2.75) is 38.3 Å². The van der Waals surface area contributed by atoms with E-state index in [9.17, 15) is 13.9 Å². The largest absolute Gasteiger partial charge is 0.485 e. The van der Waals surface area contributed by atoms with Gasteiger partial charge >= 0.3 is 0 Å². The molecule has 136 valence electrons. The highest BCUT2D eigenvalue weighted by atomic mass is 79.9. The van der Waals surface area contributed by atoms with Crippen LogP contribution in [0.4, 0.5) is 8.78 Å². The van der Waals surface area contributed by atoms with Gasteiger partial charge in [-0.1, -0.05) is 22.4 Å². The number of halogens is 3. The molecule has 1 aliphatic rings. The molecule has 0 amide bonds. The van der Waals surface area contributed by atoms with Gasteiger partial charge in [-0.25, -0.2) is 8.78 Å². The van der Waals surface area contributed by atoms with E-state index >= 15 is 0 Å². The molecule has 24 heavy (non-hydrogen) atoms. The fourth-order valence-corrected chi connectivity index (χ4v) is 3.24. The molecule has 1 N–H and O–H groups in total. The molecule has 0 spiro atoms. The van der Waals surface area contributed by atoms with Crippen LogP contribution in [0.2, 0.25) is 0 Å². The number of nitrogens with zero attached hydrogens (tertiary/aromatic N) is 1. The first kappa shape index (κ1) is 19.6. The summed E-state index contributed by atoms with van der Waals surface area (Å²) in [4.78, 5) is 2.26.